The normalized spacial score (nSPS) is 21.4. The third-order valence-electron chi connectivity index (χ3n) is 3.77. The molecule has 1 saturated carbocycles. The van der Waals surface area contributed by atoms with Crippen LogP contribution in [0.1, 0.15) is 56.6 Å². The van der Waals surface area contributed by atoms with Crippen molar-refractivity contribution >= 4 is 0 Å². The Hall–Kier alpha value is -0.830. The van der Waals surface area contributed by atoms with E-state index in [0.29, 0.717) is 5.92 Å². The van der Waals surface area contributed by atoms with Crippen LogP contribution in [-0.2, 0) is 7.05 Å². The summed E-state index contributed by atoms with van der Waals surface area (Å²) in [4.78, 5) is 0. The molecular weight excluding hydrogens is 198 g/mol. The van der Waals surface area contributed by atoms with Crippen LogP contribution in [0.2, 0.25) is 0 Å². The van der Waals surface area contributed by atoms with Crippen molar-refractivity contribution in [2.75, 3.05) is 0 Å². The Morgan fingerprint density at radius 2 is 1.88 bits per heavy atom. The lowest BCUT2D eigenvalue weighted by Crippen LogP contribution is -2.22. The molecule has 16 heavy (non-hydrogen) atoms. The first-order valence-electron chi connectivity index (χ1n) is 6.51. The summed E-state index contributed by atoms with van der Waals surface area (Å²) in [6, 6.07) is 0.187. The van der Waals surface area contributed by atoms with Gasteiger partial charge in [0.1, 0.15) is 0 Å². The fourth-order valence-corrected chi connectivity index (χ4v) is 2.73. The second-order valence-corrected chi connectivity index (χ2v) is 5.08. The lowest BCUT2D eigenvalue weighted by atomic mass is 9.84. The van der Waals surface area contributed by atoms with E-state index in [2.05, 4.69) is 11.3 Å². The molecule has 2 rings (SSSR count). The van der Waals surface area contributed by atoms with E-state index in [1.807, 2.05) is 17.9 Å². The van der Waals surface area contributed by atoms with Crippen molar-refractivity contribution in [3.63, 3.8) is 0 Å². The average molecular weight is 221 g/mol. The third-order valence-corrected chi connectivity index (χ3v) is 3.77. The molecule has 0 saturated heterocycles. The molecule has 0 aliphatic heterocycles. The molecule has 1 atom stereocenters. The van der Waals surface area contributed by atoms with E-state index in [-0.39, 0.29) is 6.04 Å². The Morgan fingerprint density at radius 1 is 1.25 bits per heavy atom. The summed E-state index contributed by atoms with van der Waals surface area (Å²) in [7, 11) is 1.95. The van der Waals surface area contributed by atoms with Crippen LogP contribution in [0.3, 0.4) is 0 Å². The number of nitrogens with two attached hydrogens (primary N) is 1. The van der Waals surface area contributed by atoms with Crippen LogP contribution in [0.4, 0.5) is 0 Å². The Morgan fingerprint density at radius 3 is 2.44 bits per heavy atom. The predicted molar refractivity (Wildman–Crippen MR) is 65.9 cm³/mol. The van der Waals surface area contributed by atoms with Gasteiger partial charge < -0.3 is 5.73 Å². The molecule has 3 heteroatoms. The molecule has 1 aromatic heterocycles. The summed E-state index contributed by atoms with van der Waals surface area (Å²) in [6.45, 7) is 0. The predicted octanol–water partition coefficient (Wildman–Crippen LogP) is 2.78. The summed E-state index contributed by atoms with van der Waals surface area (Å²) in [6.07, 6.45) is 13.4. The first-order valence-corrected chi connectivity index (χ1v) is 6.51. The Balaban J connectivity index is 1.98. The van der Waals surface area contributed by atoms with E-state index >= 15 is 0 Å². The van der Waals surface area contributed by atoms with Crippen LogP contribution in [0, 0.1) is 5.92 Å². The highest BCUT2D eigenvalue weighted by Crippen LogP contribution is 2.30. The maximum atomic E-state index is 6.35. The van der Waals surface area contributed by atoms with Gasteiger partial charge in [-0.3, -0.25) is 4.68 Å². The highest BCUT2D eigenvalue weighted by atomic mass is 15.2. The maximum Gasteiger partial charge on any atom is 0.0537 e. The fourth-order valence-electron chi connectivity index (χ4n) is 2.73. The van der Waals surface area contributed by atoms with Crippen LogP contribution in [-0.4, -0.2) is 9.78 Å². The molecule has 3 nitrogen and oxygen atoms in total. The van der Waals surface area contributed by atoms with Crippen molar-refractivity contribution in [2.24, 2.45) is 18.7 Å². The van der Waals surface area contributed by atoms with Crippen molar-refractivity contribution in [2.45, 2.75) is 51.0 Å². The number of hydrogen-bond donors (Lipinski definition) is 1. The molecule has 1 aromatic rings. The number of rotatable bonds is 2. The van der Waals surface area contributed by atoms with Gasteiger partial charge in [0.15, 0.2) is 0 Å². The standard InChI is InChI=1S/C13H23N3/c1-16-10-12(9-15-16)13(14)11-7-5-3-2-4-6-8-11/h9-11,13H,2-8,14H2,1H3. The Kier molecular flexibility index (Phi) is 3.99. The maximum absolute atomic E-state index is 6.35. The fraction of sp³-hybridized carbons (Fsp3) is 0.769. The summed E-state index contributed by atoms with van der Waals surface area (Å²) in [5.41, 5.74) is 7.55. The lowest BCUT2D eigenvalue weighted by Gasteiger charge is -2.25. The van der Waals surface area contributed by atoms with Crippen LogP contribution in [0.15, 0.2) is 12.4 Å². The minimum Gasteiger partial charge on any atom is -0.324 e. The minimum atomic E-state index is 0.187. The molecule has 1 fully saturated rings. The third kappa shape index (κ3) is 2.85. The molecule has 0 aromatic carbocycles. The number of nitrogens with zero attached hydrogens (tertiary/aromatic N) is 2. The highest BCUT2D eigenvalue weighted by Gasteiger charge is 2.21. The van der Waals surface area contributed by atoms with Crippen LogP contribution in [0.25, 0.3) is 0 Å². The van der Waals surface area contributed by atoms with Gasteiger partial charge in [0, 0.05) is 24.8 Å². The number of hydrogen-bond acceptors (Lipinski definition) is 2. The van der Waals surface area contributed by atoms with E-state index in [9.17, 15) is 0 Å². The van der Waals surface area contributed by atoms with E-state index < -0.39 is 0 Å². The van der Waals surface area contributed by atoms with Crippen molar-refractivity contribution in [1.82, 2.24) is 9.78 Å². The second-order valence-electron chi connectivity index (χ2n) is 5.08. The largest absolute Gasteiger partial charge is 0.324 e. The first kappa shape index (κ1) is 11.6. The van der Waals surface area contributed by atoms with Gasteiger partial charge in [-0.1, -0.05) is 32.1 Å². The zero-order valence-electron chi connectivity index (χ0n) is 10.2. The van der Waals surface area contributed by atoms with Gasteiger partial charge in [0.05, 0.1) is 6.20 Å². The van der Waals surface area contributed by atoms with Gasteiger partial charge in [-0.25, -0.2) is 0 Å². The van der Waals surface area contributed by atoms with Gasteiger partial charge in [-0.2, -0.15) is 5.10 Å². The van der Waals surface area contributed by atoms with Crippen molar-refractivity contribution in [3.8, 4) is 0 Å². The van der Waals surface area contributed by atoms with Gasteiger partial charge in [0.2, 0.25) is 0 Å². The van der Waals surface area contributed by atoms with Crippen molar-refractivity contribution in [3.05, 3.63) is 18.0 Å². The minimum absolute atomic E-state index is 0.187. The van der Waals surface area contributed by atoms with Crippen LogP contribution in [0.5, 0.6) is 0 Å². The van der Waals surface area contributed by atoms with Gasteiger partial charge in [-0.05, 0) is 18.8 Å². The molecular formula is C13H23N3. The van der Waals surface area contributed by atoms with E-state index in [1.165, 1.54) is 50.5 Å². The molecule has 1 aliphatic carbocycles. The summed E-state index contributed by atoms with van der Waals surface area (Å²) < 4.78 is 1.85. The molecule has 0 amide bonds. The Bertz CT molecular complexity index is 311. The zero-order chi connectivity index (χ0) is 11.4. The van der Waals surface area contributed by atoms with Crippen molar-refractivity contribution < 1.29 is 0 Å². The van der Waals surface area contributed by atoms with Crippen LogP contribution >= 0.6 is 0 Å². The van der Waals surface area contributed by atoms with E-state index in [0.717, 1.165) is 0 Å². The smallest absolute Gasteiger partial charge is 0.0537 e. The molecule has 0 bridgehead atoms. The van der Waals surface area contributed by atoms with Crippen LogP contribution < -0.4 is 5.73 Å². The van der Waals surface area contributed by atoms with Gasteiger partial charge >= 0.3 is 0 Å². The SMILES string of the molecule is Cn1cc(C(N)C2CCCCCCC2)cn1. The molecule has 0 radical (unpaired) electrons. The summed E-state index contributed by atoms with van der Waals surface area (Å²) >= 11 is 0. The number of aromatic nitrogens is 2. The van der Waals surface area contributed by atoms with Gasteiger partial charge in [0.25, 0.3) is 0 Å². The zero-order valence-corrected chi connectivity index (χ0v) is 10.2. The molecule has 0 spiro atoms. The quantitative estimate of drug-likeness (QED) is 0.834. The second kappa shape index (κ2) is 5.48. The average Bonchev–Trinajstić information content (AvgIpc) is 2.63. The molecule has 1 heterocycles. The molecule has 2 N–H and O–H groups in total. The molecule has 90 valence electrons. The monoisotopic (exact) mass is 221 g/mol. The topological polar surface area (TPSA) is 43.8 Å². The van der Waals surface area contributed by atoms with E-state index in [4.69, 9.17) is 5.73 Å². The lowest BCUT2D eigenvalue weighted by molar-refractivity contribution is 0.327. The van der Waals surface area contributed by atoms with Crippen molar-refractivity contribution in [1.29, 1.82) is 0 Å². The first-order chi connectivity index (χ1) is 7.77. The number of aryl methyl sites for hydroxylation is 1. The molecule has 1 unspecified atom stereocenters. The Labute approximate surface area is 98.0 Å². The highest BCUT2D eigenvalue weighted by molar-refractivity contribution is 5.10. The summed E-state index contributed by atoms with van der Waals surface area (Å²) in [5, 5.41) is 4.21. The van der Waals surface area contributed by atoms with Gasteiger partial charge in [-0.15, -0.1) is 0 Å². The summed E-state index contributed by atoms with van der Waals surface area (Å²) in [5.74, 6) is 0.657. The molecule has 1 aliphatic rings. The van der Waals surface area contributed by atoms with E-state index in [1.54, 1.807) is 0 Å².